The zero-order valence-electron chi connectivity index (χ0n) is 9.96. The molecule has 19 heavy (non-hydrogen) atoms. The molecular formula is C13H12BrCl2NOS. The standard InChI is InChI=1S/C13H12BrCl2NOS/c14-9-5-11(19-8-9)7-17-3-4-18-10-1-2-12(15)13(16)6-10/h1-2,5-6,8,17H,3-4,7H2. The molecule has 0 amide bonds. The average Bonchev–Trinajstić information content (AvgIpc) is 2.79. The number of rotatable bonds is 6. The van der Waals surface area contributed by atoms with Gasteiger partial charge >= 0.3 is 0 Å². The summed E-state index contributed by atoms with van der Waals surface area (Å²) in [6.45, 7) is 2.21. The Labute approximate surface area is 134 Å². The molecular weight excluding hydrogens is 369 g/mol. The highest BCUT2D eigenvalue weighted by Crippen LogP contribution is 2.26. The molecule has 0 saturated carbocycles. The normalized spacial score (nSPS) is 10.7. The Kier molecular flexibility index (Phi) is 5.98. The lowest BCUT2D eigenvalue weighted by Gasteiger charge is -2.07. The summed E-state index contributed by atoms with van der Waals surface area (Å²) in [7, 11) is 0. The molecule has 0 unspecified atom stereocenters. The largest absolute Gasteiger partial charge is 0.492 e. The number of benzene rings is 1. The first kappa shape index (κ1) is 15.1. The van der Waals surface area contributed by atoms with Crippen LogP contribution in [-0.4, -0.2) is 13.2 Å². The fourth-order valence-corrected chi connectivity index (χ4v) is 3.17. The Bertz CT molecular complexity index is 547. The van der Waals surface area contributed by atoms with Gasteiger partial charge in [0.15, 0.2) is 0 Å². The first-order valence-corrected chi connectivity index (χ1v) is 8.09. The second-order valence-electron chi connectivity index (χ2n) is 3.83. The van der Waals surface area contributed by atoms with Crippen molar-refractivity contribution in [1.29, 1.82) is 0 Å². The Morgan fingerprint density at radius 1 is 1.21 bits per heavy atom. The molecule has 0 spiro atoms. The van der Waals surface area contributed by atoms with Gasteiger partial charge in [-0.3, -0.25) is 0 Å². The highest BCUT2D eigenvalue weighted by atomic mass is 79.9. The van der Waals surface area contributed by atoms with Crippen molar-refractivity contribution in [3.8, 4) is 5.75 Å². The van der Waals surface area contributed by atoms with Crippen molar-refractivity contribution in [1.82, 2.24) is 5.32 Å². The maximum absolute atomic E-state index is 5.91. The molecule has 102 valence electrons. The van der Waals surface area contributed by atoms with E-state index >= 15 is 0 Å². The zero-order chi connectivity index (χ0) is 13.7. The van der Waals surface area contributed by atoms with Crippen molar-refractivity contribution in [2.45, 2.75) is 6.54 Å². The molecule has 0 atom stereocenters. The summed E-state index contributed by atoms with van der Waals surface area (Å²) in [6, 6.07) is 7.37. The predicted molar refractivity (Wildman–Crippen MR) is 85.7 cm³/mol. The zero-order valence-corrected chi connectivity index (χ0v) is 13.9. The monoisotopic (exact) mass is 379 g/mol. The highest BCUT2D eigenvalue weighted by Gasteiger charge is 2.00. The van der Waals surface area contributed by atoms with Crippen LogP contribution in [0.15, 0.2) is 34.1 Å². The minimum Gasteiger partial charge on any atom is -0.492 e. The quantitative estimate of drug-likeness (QED) is 0.713. The van der Waals surface area contributed by atoms with Crippen molar-refractivity contribution in [3.05, 3.63) is 49.0 Å². The van der Waals surface area contributed by atoms with Crippen LogP contribution in [0.3, 0.4) is 0 Å². The van der Waals surface area contributed by atoms with Gasteiger partial charge in [0.25, 0.3) is 0 Å². The summed E-state index contributed by atoms with van der Waals surface area (Å²) >= 11 is 16.9. The maximum atomic E-state index is 5.91. The minimum absolute atomic E-state index is 0.510. The first-order valence-electron chi connectivity index (χ1n) is 5.66. The highest BCUT2D eigenvalue weighted by molar-refractivity contribution is 9.10. The van der Waals surface area contributed by atoms with E-state index in [1.165, 1.54) is 4.88 Å². The van der Waals surface area contributed by atoms with Gasteiger partial charge < -0.3 is 10.1 Å². The van der Waals surface area contributed by atoms with Crippen LogP contribution < -0.4 is 10.1 Å². The maximum Gasteiger partial charge on any atom is 0.120 e. The van der Waals surface area contributed by atoms with E-state index in [1.807, 2.05) is 6.07 Å². The fourth-order valence-electron chi connectivity index (χ4n) is 1.47. The third-order valence-corrected chi connectivity index (χ3v) is 4.80. The van der Waals surface area contributed by atoms with Crippen molar-refractivity contribution < 1.29 is 4.74 Å². The summed E-state index contributed by atoms with van der Waals surface area (Å²) in [6.07, 6.45) is 0. The average molecular weight is 381 g/mol. The lowest BCUT2D eigenvalue weighted by molar-refractivity contribution is 0.314. The second kappa shape index (κ2) is 7.50. The van der Waals surface area contributed by atoms with Crippen LogP contribution in [0.2, 0.25) is 10.0 Å². The number of hydrogen-bond donors (Lipinski definition) is 1. The predicted octanol–water partition coefficient (Wildman–Crippen LogP) is 4.99. The summed E-state index contributed by atoms with van der Waals surface area (Å²) in [4.78, 5) is 1.29. The van der Waals surface area contributed by atoms with Crippen molar-refractivity contribution in [2.24, 2.45) is 0 Å². The summed E-state index contributed by atoms with van der Waals surface area (Å²) in [5.74, 6) is 0.732. The Morgan fingerprint density at radius 3 is 2.74 bits per heavy atom. The Hall–Kier alpha value is -0.260. The molecule has 1 aromatic heterocycles. The van der Waals surface area contributed by atoms with Gasteiger partial charge in [-0.15, -0.1) is 11.3 Å². The smallest absolute Gasteiger partial charge is 0.120 e. The van der Waals surface area contributed by atoms with Gasteiger partial charge in [-0.05, 0) is 34.1 Å². The molecule has 2 nitrogen and oxygen atoms in total. The molecule has 6 heteroatoms. The van der Waals surface area contributed by atoms with Gasteiger partial charge in [-0.2, -0.15) is 0 Å². The summed E-state index contributed by atoms with van der Waals surface area (Å²) < 4.78 is 6.70. The van der Waals surface area contributed by atoms with Crippen LogP contribution in [0, 0.1) is 0 Å². The molecule has 0 aliphatic rings. The molecule has 1 N–H and O–H groups in total. The molecule has 0 aliphatic carbocycles. The van der Waals surface area contributed by atoms with E-state index in [2.05, 4.69) is 32.7 Å². The fraction of sp³-hybridized carbons (Fsp3) is 0.231. The van der Waals surface area contributed by atoms with E-state index in [9.17, 15) is 0 Å². The number of nitrogens with one attached hydrogen (secondary N) is 1. The topological polar surface area (TPSA) is 21.3 Å². The lowest BCUT2D eigenvalue weighted by atomic mass is 10.3. The van der Waals surface area contributed by atoms with E-state index in [-0.39, 0.29) is 0 Å². The minimum atomic E-state index is 0.510. The van der Waals surface area contributed by atoms with Crippen LogP contribution in [0.25, 0.3) is 0 Å². The molecule has 0 aliphatic heterocycles. The van der Waals surface area contributed by atoms with E-state index in [4.69, 9.17) is 27.9 Å². The van der Waals surface area contributed by atoms with Gasteiger partial charge in [0.1, 0.15) is 12.4 Å². The third kappa shape index (κ3) is 4.97. The van der Waals surface area contributed by atoms with E-state index in [0.29, 0.717) is 16.7 Å². The molecule has 0 radical (unpaired) electrons. The van der Waals surface area contributed by atoms with Crippen LogP contribution in [0.4, 0.5) is 0 Å². The molecule has 2 aromatic rings. The van der Waals surface area contributed by atoms with E-state index in [0.717, 1.165) is 23.3 Å². The number of thiophene rings is 1. The third-order valence-electron chi connectivity index (χ3n) is 2.36. The molecule has 0 saturated heterocycles. The van der Waals surface area contributed by atoms with Gasteiger partial charge in [0.2, 0.25) is 0 Å². The van der Waals surface area contributed by atoms with Gasteiger partial charge in [0.05, 0.1) is 10.0 Å². The number of ether oxygens (including phenoxy) is 1. The van der Waals surface area contributed by atoms with E-state index in [1.54, 1.807) is 23.5 Å². The number of halogens is 3. The van der Waals surface area contributed by atoms with Crippen LogP contribution >= 0.6 is 50.5 Å². The van der Waals surface area contributed by atoms with Crippen molar-refractivity contribution >= 4 is 50.5 Å². The summed E-state index contributed by atoms with van der Waals surface area (Å²) in [5.41, 5.74) is 0. The summed E-state index contributed by atoms with van der Waals surface area (Å²) in [5, 5.41) is 6.44. The Balaban J connectivity index is 1.67. The molecule has 1 heterocycles. The van der Waals surface area contributed by atoms with Gasteiger partial charge in [-0.1, -0.05) is 23.2 Å². The second-order valence-corrected chi connectivity index (χ2v) is 6.56. The molecule has 0 bridgehead atoms. The number of hydrogen-bond acceptors (Lipinski definition) is 3. The van der Waals surface area contributed by atoms with Crippen LogP contribution in [-0.2, 0) is 6.54 Å². The Morgan fingerprint density at radius 2 is 2.05 bits per heavy atom. The molecule has 2 rings (SSSR count). The SMILES string of the molecule is Clc1ccc(OCCNCc2cc(Br)cs2)cc1Cl. The van der Waals surface area contributed by atoms with Gasteiger partial charge in [0, 0.05) is 33.9 Å². The molecule has 0 fully saturated rings. The van der Waals surface area contributed by atoms with Crippen LogP contribution in [0.1, 0.15) is 4.88 Å². The van der Waals surface area contributed by atoms with Crippen molar-refractivity contribution in [3.63, 3.8) is 0 Å². The van der Waals surface area contributed by atoms with Crippen molar-refractivity contribution in [2.75, 3.05) is 13.2 Å². The van der Waals surface area contributed by atoms with Gasteiger partial charge in [-0.25, -0.2) is 0 Å². The molecule has 1 aromatic carbocycles. The first-order chi connectivity index (χ1) is 9.15. The van der Waals surface area contributed by atoms with E-state index < -0.39 is 0 Å². The lowest BCUT2D eigenvalue weighted by Crippen LogP contribution is -2.20. The van der Waals surface area contributed by atoms with Crippen LogP contribution in [0.5, 0.6) is 5.75 Å².